The molecule has 0 aliphatic heterocycles. The molecule has 0 aromatic heterocycles. The first-order chi connectivity index (χ1) is 7.33. The zero-order valence-electron chi connectivity index (χ0n) is 9.58. The van der Waals surface area contributed by atoms with Crippen molar-refractivity contribution in [2.45, 2.75) is 57.8 Å². The van der Waals surface area contributed by atoms with Crippen LogP contribution in [0.3, 0.4) is 0 Å². The molecule has 84 valence electrons. The second-order valence-corrected chi connectivity index (χ2v) is 6.10. The van der Waals surface area contributed by atoms with Gasteiger partial charge in [0.05, 0.1) is 0 Å². The Balaban J connectivity index is 1.47. The first-order valence-electron chi connectivity index (χ1n) is 6.85. The minimum Gasteiger partial charge on any atom is -0.299 e. The van der Waals surface area contributed by atoms with E-state index in [1.807, 2.05) is 0 Å². The SMILES string of the molecule is O=C(CC1CCCCC1)C1CC2CC2C1. The summed E-state index contributed by atoms with van der Waals surface area (Å²) in [6, 6.07) is 0. The fourth-order valence-electron chi connectivity index (χ4n) is 3.82. The molecule has 1 heteroatoms. The quantitative estimate of drug-likeness (QED) is 0.690. The van der Waals surface area contributed by atoms with Gasteiger partial charge < -0.3 is 0 Å². The molecule has 0 aromatic carbocycles. The summed E-state index contributed by atoms with van der Waals surface area (Å²) in [5.41, 5.74) is 0. The van der Waals surface area contributed by atoms with Crippen molar-refractivity contribution in [2.75, 3.05) is 0 Å². The van der Waals surface area contributed by atoms with Crippen molar-refractivity contribution >= 4 is 5.78 Å². The van der Waals surface area contributed by atoms with E-state index in [4.69, 9.17) is 0 Å². The van der Waals surface area contributed by atoms with E-state index in [1.165, 1.54) is 51.4 Å². The molecular weight excluding hydrogens is 184 g/mol. The maximum atomic E-state index is 12.1. The van der Waals surface area contributed by atoms with Crippen LogP contribution >= 0.6 is 0 Å². The highest BCUT2D eigenvalue weighted by Gasteiger charge is 2.47. The third-order valence-corrected chi connectivity index (χ3v) is 4.91. The molecule has 0 amide bonds. The summed E-state index contributed by atoms with van der Waals surface area (Å²) >= 11 is 0. The number of carbonyl (C=O) groups excluding carboxylic acids is 1. The van der Waals surface area contributed by atoms with Gasteiger partial charge in [0.15, 0.2) is 0 Å². The zero-order valence-corrected chi connectivity index (χ0v) is 9.58. The van der Waals surface area contributed by atoms with E-state index in [2.05, 4.69) is 0 Å². The Morgan fingerprint density at radius 3 is 2.27 bits per heavy atom. The van der Waals surface area contributed by atoms with Crippen LogP contribution < -0.4 is 0 Å². The van der Waals surface area contributed by atoms with Crippen molar-refractivity contribution in [3.05, 3.63) is 0 Å². The molecule has 3 saturated carbocycles. The second kappa shape index (κ2) is 3.92. The van der Waals surface area contributed by atoms with Gasteiger partial charge in [0, 0.05) is 12.3 Å². The predicted octanol–water partition coefficient (Wildman–Crippen LogP) is 3.57. The van der Waals surface area contributed by atoms with E-state index in [0.29, 0.717) is 11.7 Å². The van der Waals surface area contributed by atoms with E-state index >= 15 is 0 Å². The largest absolute Gasteiger partial charge is 0.299 e. The van der Waals surface area contributed by atoms with Crippen LogP contribution in [0.25, 0.3) is 0 Å². The van der Waals surface area contributed by atoms with Crippen LogP contribution in [0.1, 0.15) is 57.8 Å². The number of carbonyl (C=O) groups is 1. The van der Waals surface area contributed by atoms with Crippen molar-refractivity contribution in [3.8, 4) is 0 Å². The maximum Gasteiger partial charge on any atom is 0.136 e. The lowest BCUT2D eigenvalue weighted by molar-refractivity contribution is -0.124. The van der Waals surface area contributed by atoms with Gasteiger partial charge in [0.2, 0.25) is 0 Å². The van der Waals surface area contributed by atoms with E-state index in [9.17, 15) is 4.79 Å². The Hall–Kier alpha value is -0.330. The monoisotopic (exact) mass is 206 g/mol. The summed E-state index contributed by atoms with van der Waals surface area (Å²) < 4.78 is 0. The zero-order chi connectivity index (χ0) is 10.3. The smallest absolute Gasteiger partial charge is 0.136 e. The number of hydrogen-bond acceptors (Lipinski definition) is 1. The fraction of sp³-hybridized carbons (Fsp3) is 0.929. The Bertz CT molecular complexity index is 242. The van der Waals surface area contributed by atoms with Crippen LogP contribution in [-0.2, 0) is 4.79 Å². The van der Waals surface area contributed by atoms with Gasteiger partial charge in [0.1, 0.15) is 5.78 Å². The van der Waals surface area contributed by atoms with Crippen molar-refractivity contribution in [1.82, 2.24) is 0 Å². The van der Waals surface area contributed by atoms with Crippen LogP contribution in [0.5, 0.6) is 0 Å². The Morgan fingerprint density at radius 2 is 1.60 bits per heavy atom. The molecule has 1 nitrogen and oxygen atoms in total. The van der Waals surface area contributed by atoms with Crippen LogP contribution in [0.2, 0.25) is 0 Å². The lowest BCUT2D eigenvalue weighted by Crippen LogP contribution is -2.18. The Labute approximate surface area is 92.6 Å². The molecular formula is C14H22O. The average molecular weight is 206 g/mol. The summed E-state index contributed by atoms with van der Waals surface area (Å²) in [6.07, 6.45) is 11.6. The molecule has 15 heavy (non-hydrogen) atoms. The molecule has 0 radical (unpaired) electrons. The molecule has 0 N–H and O–H groups in total. The van der Waals surface area contributed by atoms with E-state index in [-0.39, 0.29) is 0 Å². The lowest BCUT2D eigenvalue weighted by atomic mass is 9.82. The Kier molecular flexibility index (Phi) is 2.58. The van der Waals surface area contributed by atoms with Gasteiger partial charge in [-0.3, -0.25) is 4.79 Å². The molecule has 3 rings (SSSR count). The number of hydrogen-bond donors (Lipinski definition) is 0. The van der Waals surface area contributed by atoms with Gasteiger partial charge in [-0.05, 0) is 37.0 Å². The molecule has 0 spiro atoms. The van der Waals surface area contributed by atoms with E-state index in [1.54, 1.807) is 0 Å². The summed E-state index contributed by atoms with van der Waals surface area (Å²) in [7, 11) is 0. The summed E-state index contributed by atoms with van der Waals surface area (Å²) in [6.45, 7) is 0. The topological polar surface area (TPSA) is 17.1 Å². The minimum absolute atomic E-state index is 0.482. The number of rotatable bonds is 3. The van der Waals surface area contributed by atoms with E-state index in [0.717, 1.165) is 24.2 Å². The fourth-order valence-corrected chi connectivity index (χ4v) is 3.82. The number of ketones is 1. The standard InChI is InChI=1S/C14H22O/c15-14(6-10-4-2-1-3-5-10)13-8-11-7-12(11)9-13/h10-13H,1-9H2. The molecule has 2 atom stereocenters. The van der Waals surface area contributed by atoms with Crippen molar-refractivity contribution in [2.24, 2.45) is 23.7 Å². The minimum atomic E-state index is 0.482. The van der Waals surface area contributed by atoms with Crippen LogP contribution in [-0.4, -0.2) is 5.78 Å². The Morgan fingerprint density at radius 1 is 0.933 bits per heavy atom. The number of fused-ring (bicyclic) bond motifs is 1. The van der Waals surface area contributed by atoms with Crippen LogP contribution in [0.4, 0.5) is 0 Å². The lowest BCUT2D eigenvalue weighted by Gasteiger charge is -2.22. The van der Waals surface area contributed by atoms with Gasteiger partial charge in [-0.15, -0.1) is 0 Å². The average Bonchev–Trinajstić information content (AvgIpc) is 2.87. The predicted molar refractivity (Wildman–Crippen MR) is 60.5 cm³/mol. The first kappa shape index (κ1) is 9.86. The highest BCUT2D eigenvalue weighted by atomic mass is 16.1. The third kappa shape index (κ3) is 2.11. The highest BCUT2D eigenvalue weighted by Crippen LogP contribution is 2.54. The molecule has 3 aliphatic rings. The second-order valence-electron chi connectivity index (χ2n) is 6.10. The molecule has 3 fully saturated rings. The van der Waals surface area contributed by atoms with Gasteiger partial charge in [0.25, 0.3) is 0 Å². The summed E-state index contributed by atoms with van der Waals surface area (Å²) in [4.78, 5) is 12.1. The molecule has 0 saturated heterocycles. The van der Waals surface area contributed by atoms with E-state index < -0.39 is 0 Å². The van der Waals surface area contributed by atoms with Gasteiger partial charge in [-0.1, -0.05) is 32.1 Å². The van der Waals surface area contributed by atoms with Gasteiger partial charge in [-0.2, -0.15) is 0 Å². The molecule has 0 bridgehead atoms. The highest BCUT2D eigenvalue weighted by molar-refractivity contribution is 5.81. The number of Topliss-reactive ketones (excluding diaryl/α,β-unsaturated/α-hetero) is 1. The van der Waals surface area contributed by atoms with Gasteiger partial charge >= 0.3 is 0 Å². The summed E-state index contributed by atoms with van der Waals surface area (Å²) in [5, 5.41) is 0. The van der Waals surface area contributed by atoms with Crippen molar-refractivity contribution in [1.29, 1.82) is 0 Å². The summed E-state index contributed by atoms with van der Waals surface area (Å²) in [5.74, 6) is 3.78. The molecule has 2 unspecified atom stereocenters. The van der Waals surface area contributed by atoms with Crippen molar-refractivity contribution in [3.63, 3.8) is 0 Å². The third-order valence-electron chi connectivity index (χ3n) is 4.91. The molecule has 0 heterocycles. The van der Waals surface area contributed by atoms with Crippen LogP contribution in [0.15, 0.2) is 0 Å². The maximum absolute atomic E-state index is 12.1. The van der Waals surface area contributed by atoms with Gasteiger partial charge in [-0.25, -0.2) is 0 Å². The normalized spacial score (nSPS) is 40.1. The first-order valence-corrected chi connectivity index (χ1v) is 6.85. The molecule has 3 aliphatic carbocycles. The van der Waals surface area contributed by atoms with Crippen molar-refractivity contribution < 1.29 is 4.79 Å². The van der Waals surface area contributed by atoms with Crippen LogP contribution in [0, 0.1) is 23.7 Å². The molecule has 0 aromatic rings.